The lowest BCUT2D eigenvalue weighted by molar-refractivity contribution is -0.146. The largest absolute Gasteiger partial charge is 0.480 e. The molecule has 0 aliphatic heterocycles. The van der Waals surface area contributed by atoms with E-state index in [9.17, 15) is 9.59 Å². The van der Waals surface area contributed by atoms with Crippen molar-refractivity contribution in [1.29, 1.82) is 0 Å². The Morgan fingerprint density at radius 3 is 2.08 bits per heavy atom. The van der Waals surface area contributed by atoms with E-state index in [2.05, 4.69) is 0 Å². The molecule has 0 radical (unpaired) electrons. The summed E-state index contributed by atoms with van der Waals surface area (Å²) in [5.41, 5.74) is 4.45. The minimum atomic E-state index is -1.13. The van der Waals surface area contributed by atoms with E-state index in [1.807, 2.05) is 0 Å². The maximum atomic E-state index is 11.1. The van der Waals surface area contributed by atoms with Crippen molar-refractivity contribution in [3.8, 4) is 0 Å². The lowest BCUT2D eigenvalue weighted by Gasteiger charge is -2.28. The molecule has 3 N–H and O–H groups in total. The number of hydrogen-bond donors (Lipinski definition) is 2. The van der Waals surface area contributed by atoms with Crippen LogP contribution in [0.4, 0.5) is 0 Å². The summed E-state index contributed by atoms with van der Waals surface area (Å²) in [4.78, 5) is 21.6. The molecule has 0 unspecified atom stereocenters. The third kappa shape index (κ3) is 1.82. The van der Waals surface area contributed by atoms with Gasteiger partial charge in [0.25, 0.3) is 0 Å². The molecule has 0 spiro atoms. The molecule has 0 fully saturated rings. The Morgan fingerprint density at radius 2 is 2.00 bits per heavy atom. The van der Waals surface area contributed by atoms with Crippen LogP contribution in [-0.4, -0.2) is 22.9 Å². The van der Waals surface area contributed by atoms with Crippen molar-refractivity contribution in [2.75, 3.05) is 0 Å². The van der Waals surface area contributed by atoms with Crippen molar-refractivity contribution < 1.29 is 14.7 Å². The van der Waals surface area contributed by atoms with E-state index in [-0.39, 0.29) is 5.78 Å². The second-order valence-corrected chi connectivity index (χ2v) is 3.14. The van der Waals surface area contributed by atoms with Crippen molar-refractivity contribution in [3.05, 3.63) is 0 Å². The van der Waals surface area contributed by atoms with E-state index in [4.69, 9.17) is 10.8 Å². The monoisotopic (exact) mass is 173 g/mol. The first-order valence-electron chi connectivity index (χ1n) is 3.85. The van der Waals surface area contributed by atoms with Gasteiger partial charge in [-0.05, 0) is 13.3 Å². The van der Waals surface area contributed by atoms with Gasteiger partial charge in [0.15, 0.2) is 0 Å². The fourth-order valence-electron chi connectivity index (χ4n) is 0.960. The predicted molar refractivity (Wildman–Crippen MR) is 44.7 cm³/mol. The third-order valence-electron chi connectivity index (χ3n) is 2.49. The average Bonchev–Trinajstić information content (AvgIpc) is 2.01. The van der Waals surface area contributed by atoms with Crippen LogP contribution in [0.3, 0.4) is 0 Å². The molecule has 70 valence electrons. The Kier molecular flexibility index (Phi) is 3.39. The summed E-state index contributed by atoms with van der Waals surface area (Å²) in [5, 5.41) is 8.62. The second-order valence-electron chi connectivity index (χ2n) is 3.14. The van der Waals surface area contributed by atoms with E-state index in [0.29, 0.717) is 6.42 Å². The summed E-state index contributed by atoms with van der Waals surface area (Å²) in [6, 6.07) is -1.11. The zero-order valence-corrected chi connectivity index (χ0v) is 7.63. The van der Waals surface area contributed by atoms with E-state index in [0.717, 1.165) is 0 Å². The maximum Gasteiger partial charge on any atom is 0.321 e. The highest BCUT2D eigenvalue weighted by atomic mass is 16.4. The number of Topliss-reactive ketones (excluding diaryl/α,β-unsaturated/α-hetero) is 1. The normalized spacial score (nSPS) is 18.0. The molecule has 0 bridgehead atoms. The lowest BCUT2D eigenvalue weighted by Crippen LogP contribution is -2.49. The van der Waals surface area contributed by atoms with Gasteiger partial charge in [0.2, 0.25) is 0 Å². The van der Waals surface area contributed by atoms with Crippen LogP contribution in [-0.2, 0) is 9.59 Å². The number of carboxylic acids is 1. The molecule has 0 aliphatic rings. The molecule has 12 heavy (non-hydrogen) atoms. The minimum absolute atomic E-state index is 0.181. The zero-order valence-electron chi connectivity index (χ0n) is 7.63. The van der Waals surface area contributed by atoms with Gasteiger partial charge in [0.1, 0.15) is 11.8 Å². The molecule has 0 saturated heterocycles. The Balaban J connectivity index is 4.75. The molecular weight excluding hydrogens is 158 g/mol. The van der Waals surface area contributed by atoms with E-state index >= 15 is 0 Å². The molecule has 4 nitrogen and oxygen atoms in total. The fraction of sp³-hybridized carbons (Fsp3) is 0.750. The molecule has 0 aromatic carbocycles. The van der Waals surface area contributed by atoms with Crippen molar-refractivity contribution in [2.24, 2.45) is 11.1 Å². The van der Waals surface area contributed by atoms with Gasteiger partial charge >= 0.3 is 5.97 Å². The molecule has 0 aromatic heterocycles. The summed E-state index contributed by atoms with van der Waals surface area (Å²) in [5.74, 6) is -1.31. The van der Waals surface area contributed by atoms with Gasteiger partial charge in [-0.1, -0.05) is 13.8 Å². The summed E-state index contributed by atoms with van der Waals surface area (Å²) >= 11 is 0. The second kappa shape index (κ2) is 3.67. The van der Waals surface area contributed by atoms with Crippen LogP contribution < -0.4 is 5.73 Å². The predicted octanol–water partition coefficient (Wildman–Crippen LogP) is 0.404. The van der Waals surface area contributed by atoms with Crippen molar-refractivity contribution in [1.82, 2.24) is 0 Å². The molecule has 2 atom stereocenters. The first-order chi connectivity index (χ1) is 5.36. The number of carbonyl (C=O) groups is 2. The smallest absolute Gasteiger partial charge is 0.321 e. The molecule has 0 aromatic rings. The van der Waals surface area contributed by atoms with Crippen LogP contribution in [0.5, 0.6) is 0 Å². The van der Waals surface area contributed by atoms with Crippen molar-refractivity contribution >= 4 is 11.8 Å². The Hall–Kier alpha value is -0.900. The van der Waals surface area contributed by atoms with Gasteiger partial charge in [-0.2, -0.15) is 0 Å². The molecule has 4 heteroatoms. The van der Waals surface area contributed by atoms with Gasteiger partial charge in [0, 0.05) is 0 Å². The first-order valence-corrected chi connectivity index (χ1v) is 3.85. The highest BCUT2D eigenvalue weighted by Crippen LogP contribution is 2.25. The maximum absolute atomic E-state index is 11.1. The lowest BCUT2D eigenvalue weighted by atomic mass is 9.77. The summed E-state index contributed by atoms with van der Waals surface area (Å²) in [6.45, 7) is 4.70. The molecular formula is C8H15NO3. The summed E-state index contributed by atoms with van der Waals surface area (Å²) < 4.78 is 0. The van der Waals surface area contributed by atoms with Crippen LogP contribution >= 0.6 is 0 Å². The standard InChI is InChI=1S/C8H15NO3/c1-4-8(3,5(2)10)6(9)7(11)12/h6H,4,9H2,1-3H3,(H,11,12)/t6-,8+/m1/s1. The fourth-order valence-corrected chi connectivity index (χ4v) is 0.960. The van der Waals surface area contributed by atoms with Gasteiger partial charge in [-0.25, -0.2) is 0 Å². The number of hydrogen-bond acceptors (Lipinski definition) is 3. The number of ketones is 1. The summed E-state index contributed by atoms with van der Waals surface area (Å²) in [6.07, 6.45) is 0.440. The first kappa shape index (κ1) is 11.1. The number of nitrogens with two attached hydrogens (primary N) is 1. The van der Waals surface area contributed by atoms with E-state index in [1.54, 1.807) is 13.8 Å². The van der Waals surface area contributed by atoms with Gasteiger partial charge in [-0.15, -0.1) is 0 Å². The number of carbonyl (C=O) groups excluding carboxylic acids is 1. The topological polar surface area (TPSA) is 80.4 Å². The van der Waals surface area contributed by atoms with Crippen LogP contribution in [0.2, 0.25) is 0 Å². The van der Waals surface area contributed by atoms with Crippen molar-refractivity contribution in [3.63, 3.8) is 0 Å². The highest BCUT2D eigenvalue weighted by Gasteiger charge is 2.39. The van der Waals surface area contributed by atoms with Crippen molar-refractivity contribution in [2.45, 2.75) is 33.2 Å². The third-order valence-corrected chi connectivity index (χ3v) is 2.49. The Bertz CT molecular complexity index is 202. The van der Waals surface area contributed by atoms with Gasteiger partial charge in [0.05, 0.1) is 5.41 Å². The Labute approximate surface area is 71.8 Å². The average molecular weight is 173 g/mol. The molecule has 0 saturated carbocycles. The summed E-state index contributed by atoms with van der Waals surface area (Å²) in [7, 11) is 0. The van der Waals surface area contributed by atoms with Crippen LogP contribution in [0, 0.1) is 5.41 Å². The van der Waals surface area contributed by atoms with Crippen LogP contribution in [0.25, 0.3) is 0 Å². The quantitative estimate of drug-likeness (QED) is 0.645. The number of rotatable bonds is 4. The van der Waals surface area contributed by atoms with E-state index in [1.165, 1.54) is 6.92 Å². The van der Waals surface area contributed by atoms with E-state index < -0.39 is 17.4 Å². The molecule has 0 amide bonds. The molecule has 0 heterocycles. The highest BCUT2D eigenvalue weighted by molar-refractivity contribution is 5.89. The minimum Gasteiger partial charge on any atom is -0.480 e. The zero-order chi connectivity index (χ0) is 9.94. The Morgan fingerprint density at radius 1 is 1.58 bits per heavy atom. The van der Waals surface area contributed by atoms with Gasteiger partial charge < -0.3 is 10.8 Å². The number of carboxylic acid groups (broad SMARTS) is 1. The number of aliphatic carboxylic acids is 1. The SMILES string of the molecule is CC[C@@](C)(C(C)=O)[C@H](N)C(=O)O. The molecule has 0 aliphatic carbocycles. The van der Waals surface area contributed by atoms with Gasteiger partial charge in [-0.3, -0.25) is 9.59 Å². The molecule has 0 rings (SSSR count). The van der Waals surface area contributed by atoms with Crippen LogP contribution in [0.1, 0.15) is 27.2 Å². The van der Waals surface area contributed by atoms with Crippen LogP contribution in [0.15, 0.2) is 0 Å².